The molecule has 1 unspecified atom stereocenters. The topological polar surface area (TPSA) is 78.9 Å². The van der Waals surface area contributed by atoms with Gasteiger partial charge in [0.2, 0.25) is 0 Å². The van der Waals surface area contributed by atoms with Gasteiger partial charge in [0, 0.05) is 19.3 Å². The van der Waals surface area contributed by atoms with Crippen LogP contribution >= 0.6 is 0 Å². The van der Waals surface area contributed by atoms with Crippen molar-refractivity contribution in [3.63, 3.8) is 0 Å². The highest BCUT2D eigenvalue weighted by atomic mass is 16.6. The van der Waals surface area contributed by atoms with Crippen LogP contribution in [-0.4, -0.2) is 37.2 Å². The fraction of sp³-hybridized carbons (Fsp3) is 0.804. The molecule has 0 aromatic carbocycles. The number of hydrogen-bond donors (Lipinski definition) is 0. The van der Waals surface area contributed by atoms with Crippen LogP contribution in [0, 0.1) is 0 Å². The minimum absolute atomic E-state index is 0.0771. The van der Waals surface area contributed by atoms with Gasteiger partial charge in [-0.3, -0.25) is 14.4 Å². The molecule has 1 atom stereocenters. The van der Waals surface area contributed by atoms with Crippen molar-refractivity contribution in [3.8, 4) is 0 Å². The van der Waals surface area contributed by atoms with Gasteiger partial charge in [0.1, 0.15) is 13.2 Å². The molecule has 6 nitrogen and oxygen atoms in total. The number of esters is 3. The van der Waals surface area contributed by atoms with Gasteiger partial charge in [0.05, 0.1) is 0 Å². The van der Waals surface area contributed by atoms with E-state index in [1.165, 1.54) is 148 Å². The summed E-state index contributed by atoms with van der Waals surface area (Å²) in [6.07, 6.45) is 60.8. The Morgan fingerprint density at radius 3 is 0.935 bits per heavy atom. The summed E-state index contributed by atoms with van der Waals surface area (Å²) >= 11 is 0. The highest BCUT2D eigenvalue weighted by Gasteiger charge is 2.19. The SMILES string of the molecule is CCCCC\C=C/C=C\C=C/C=C\CCCCCCCC(=O)OCC(COC(=O)CCCCCCCCCCCCCC)OC(=O)CCCCCCCCCCCCCCCC. The van der Waals surface area contributed by atoms with Crippen LogP contribution in [0.3, 0.4) is 0 Å². The van der Waals surface area contributed by atoms with Crippen molar-refractivity contribution in [3.05, 3.63) is 48.6 Å². The maximum atomic E-state index is 12.8. The van der Waals surface area contributed by atoms with Crippen LogP contribution in [0.2, 0.25) is 0 Å². The van der Waals surface area contributed by atoms with E-state index < -0.39 is 6.10 Å². The van der Waals surface area contributed by atoms with E-state index in [-0.39, 0.29) is 31.1 Å². The van der Waals surface area contributed by atoms with Gasteiger partial charge in [0.25, 0.3) is 0 Å². The maximum Gasteiger partial charge on any atom is 0.306 e. The van der Waals surface area contributed by atoms with E-state index in [1.54, 1.807) is 0 Å². The van der Waals surface area contributed by atoms with Crippen molar-refractivity contribution in [2.75, 3.05) is 13.2 Å². The summed E-state index contributed by atoms with van der Waals surface area (Å²) in [7, 11) is 0. The van der Waals surface area contributed by atoms with E-state index in [4.69, 9.17) is 14.2 Å². The van der Waals surface area contributed by atoms with Gasteiger partial charge >= 0.3 is 17.9 Å². The quantitative estimate of drug-likeness (QED) is 0.0262. The first kappa shape index (κ1) is 59.4. The molecular formula is C56H100O6. The predicted octanol–water partition coefficient (Wildman–Crippen LogP) is 17.5. The first-order valence-corrected chi connectivity index (χ1v) is 26.7. The summed E-state index contributed by atoms with van der Waals surface area (Å²) in [6, 6.07) is 0. The minimum atomic E-state index is -0.778. The number of carbonyl (C=O) groups excluding carboxylic acids is 3. The molecule has 0 amide bonds. The Hall–Kier alpha value is -2.63. The van der Waals surface area contributed by atoms with Gasteiger partial charge in [-0.15, -0.1) is 0 Å². The summed E-state index contributed by atoms with van der Waals surface area (Å²) in [5, 5.41) is 0. The zero-order valence-corrected chi connectivity index (χ0v) is 41.1. The van der Waals surface area contributed by atoms with Gasteiger partial charge < -0.3 is 14.2 Å². The molecule has 0 fully saturated rings. The van der Waals surface area contributed by atoms with Crippen LogP contribution in [-0.2, 0) is 28.6 Å². The lowest BCUT2D eigenvalue weighted by atomic mass is 10.0. The molecule has 0 aromatic rings. The zero-order valence-electron chi connectivity index (χ0n) is 41.1. The number of allylic oxidation sites excluding steroid dienone is 8. The molecule has 0 heterocycles. The summed E-state index contributed by atoms with van der Waals surface area (Å²) in [5.41, 5.74) is 0. The van der Waals surface area contributed by atoms with Crippen LogP contribution < -0.4 is 0 Å². The molecule has 0 saturated heterocycles. The molecule has 62 heavy (non-hydrogen) atoms. The largest absolute Gasteiger partial charge is 0.462 e. The second-order valence-electron chi connectivity index (χ2n) is 17.9. The lowest BCUT2D eigenvalue weighted by Crippen LogP contribution is -2.30. The highest BCUT2D eigenvalue weighted by Crippen LogP contribution is 2.16. The van der Waals surface area contributed by atoms with Crippen molar-refractivity contribution in [2.45, 2.75) is 277 Å². The smallest absolute Gasteiger partial charge is 0.306 e. The Bertz CT molecular complexity index is 1090. The van der Waals surface area contributed by atoms with Gasteiger partial charge in [-0.1, -0.05) is 256 Å². The third-order valence-electron chi connectivity index (χ3n) is 11.7. The van der Waals surface area contributed by atoms with Crippen LogP contribution in [0.25, 0.3) is 0 Å². The van der Waals surface area contributed by atoms with E-state index in [1.807, 2.05) is 0 Å². The Labute approximate surface area is 384 Å². The summed E-state index contributed by atoms with van der Waals surface area (Å²) < 4.78 is 16.8. The van der Waals surface area contributed by atoms with Gasteiger partial charge in [-0.05, 0) is 44.9 Å². The molecule has 0 bridgehead atoms. The lowest BCUT2D eigenvalue weighted by Gasteiger charge is -2.18. The highest BCUT2D eigenvalue weighted by molar-refractivity contribution is 5.71. The van der Waals surface area contributed by atoms with Crippen molar-refractivity contribution in [1.29, 1.82) is 0 Å². The second-order valence-corrected chi connectivity index (χ2v) is 17.9. The molecule has 0 rings (SSSR count). The van der Waals surface area contributed by atoms with Crippen LogP contribution in [0.15, 0.2) is 48.6 Å². The normalized spacial score (nSPS) is 12.4. The third kappa shape index (κ3) is 48.4. The Morgan fingerprint density at radius 1 is 0.323 bits per heavy atom. The number of rotatable bonds is 48. The molecule has 0 aliphatic carbocycles. The number of ether oxygens (including phenoxy) is 3. The fourth-order valence-electron chi connectivity index (χ4n) is 7.63. The molecular weight excluding hydrogens is 769 g/mol. The first-order chi connectivity index (χ1) is 30.5. The van der Waals surface area contributed by atoms with Crippen molar-refractivity contribution in [1.82, 2.24) is 0 Å². The van der Waals surface area contributed by atoms with Crippen LogP contribution in [0.5, 0.6) is 0 Å². The number of hydrogen-bond acceptors (Lipinski definition) is 6. The standard InChI is InChI=1S/C56H100O6/c1-4-7-10-13-16-19-22-25-27-28-29-30-32-34-37-40-43-46-49-55(58)61-52-53(51-60-54(57)48-45-42-39-36-33-24-21-18-15-12-9-6-3)62-56(59)50-47-44-41-38-35-31-26-23-20-17-14-11-8-5-2/h16,19,22,25,27-30,53H,4-15,17-18,20-21,23-24,26,31-52H2,1-3H3/b19-16-,25-22-,28-27-,30-29-. The molecule has 0 saturated carbocycles. The number of unbranched alkanes of at least 4 members (excludes halogenated alkanes) is 32. The van der Waals surface area contributed by atoms with Crippen molar-refractivity contribution in [2.24, 2.45) is 0 Å². The van der Waals surface area contributed by atoms with E-state index >= 15 is 0 Å². The van der Waals surface area contributed by atoms with E-state index in [2.05, 4.69) is 69.4 Å². The molecule has 0 aliphatic heterocycles. The Morgan fingerprint density at radius 2 is 0.581 bits per heavy atom. The van der Waals surface area contributed by atoms with Crippen LogP contribution in [0.1, 0.15) is 271 Å². The van der Waals surface area contributed by atoms with E-state index in [0.717, 1.165) is 83.5 Å². The first-order valence-electron chi connectivity index (χ1n) is 26.7. The Balaban J connectivity index is 4.39. The monoisotopic (exact) mass is 869 g/mol. The Kier molecular flexibility index (Phi) is 48.8. The van der Waals surface area contributed by atoms with E-state index in [0.29, 0.717) is 19.3 Å². The molecule has 0 spiro atoms. The summed E-state index contributed by atoms with van der Waals surface area (Å²) in [4.78, 5) is 38.0. The molecule has 0 radical (unpaired) electrons. The zero-order chi connectivity index (χ0) is 45.1. The van der Waals surface area contributed by atoms with Crippen molar-refractivity contribution < 1.29 is 28.6 Å². The van der Waals surface area contributed by atoms with Gasteiger partial charge in [-0.25, -0.2) is 0 Å². The summed E-state index contributed by atoms with van der Waals surface area (Å²) in [5.74, 6) is -0.890. The van der Waals surface area contributed by atoms with Crippen molar-refractivity contribution >= 4 is 17.9 Å². The number of carbonyl (C=O) groups is 3. The minimum Gasteiger partial charge on any atom is -0.462 e. The second kappa shape index (κ2) is 51.0. The van der Waals surface area contributed by atoms with Gasteiger partial charge in [-0.2, -0.15) is 0 Å². The average Bonchev–Trinajstić information content (AvgIpc) is 3.27. The predicted molar refractivity (Wildman–Crippen MR) is 265 cm³/mol. The van der Waals surface area contributed by atoms with E-state index in [9.17, 15) is 14.4 Å². The summed E-state index contributed by atoms with van der Waals surface area (Å²) in [6.45, 7) is 6.60. The van der Waals surface area contributed by atoms with Gasteiger partial charge in [0.15, 0.2) is 6.10 Å². The molecule has 0 aliphatic rings. The fourth-order valence-corrected chi connectivity index (χ4v) is 7.63. The average molecular weight is 869 g/mol. The molecule has 0 N–H and O–H groups in total. The maximum absolute atomic E-state index is 12.8. The molecule has 0 aromatic heterocycles. The lowest BCUT2D eigenvalue weighted by molar-refractivity contribution is -0.167. The molecule has 360 valence electrons. The molecule has 6 heteroatoms. The van der Waals surface area contributed by atoms with Crippen LogP contribution in [0.4, 0.5) is 0 Å². The third-order valence-corrected chi connectivity index (χ3v) is 11.7.